The number of methoxy groups -OCH3 is 1. The minimum Gasteiger partial charge on any atom is -0.480 e. The molecule has 1 N–H and O–H groups in total. The van der Waals surface area contributed by atoms with Gasteiger partial charge in [-0.25, -0.2) is 4.79 Å². The molecular formula is C12H11NO4. The maximum absolute atomic E-state index is 11.6. The minimum atomic E-state index is -0.956. The van der Waals surface area contributed by atoms with Crippen LogP contribution in [0, 0.1) is 0 Å². The molecule has 0 saturated carbocycles. The summed E-state index contributed by atoms with van der Waals surface area (Å²) in [5, 5.41) is 9.61. The molecular weight excluding hydrogens is 222 g/mol. The maximum atomic E-state index is 11.6. The first-order valence-corrected chi connectivity index (χ1v) is 5.01. The van der Waals surface area contributed by atoms with Crippen LogP contribution in [-0.2, 0) is 16.1 Å². The number of aliphatic carboxylic acids is 1. The van der Waals surface area contributed by atoms with E-state index in [0.717, 1.165) is 5.39 Å². The molecule has 5 heteroatoms. The Morgan fingerprint density at radius 3 is 2.76 bits per heavy atom. The first kappa shape index (κ1) is 11.2. The fourth-order valence-corrected chi connectivity index (χ4v) is 1.81. The standard InChI is InChI=1S/C12H11NO4/c1-17-12(16)9-4-2-3-8-5-6-13(11(8)9)7-10(14)15/h2-6H,7H2,1H3,(H,14,15). The third-order valence-electron chi connectivity index (χ3n) is 2.50. The molecule has 5 nitrogen and oxygen atoms in total. The predicted octanol–water partition coefficient (Wildman–Crippen LogP) is 1.51. The van der Waals surface area contributed by atoms with Crippen molar-refractivity contribution in [3.05, 3.63) is 36.0 Å². The van der Waals surface area contributed by atoms with E-state index in [9.17, 15) is 9.59 Å². The van der Waals surface area contributed by atoms with Gasteiger partial charge in [-0.15, -0.1) is 0 Å². The maximum Gasteiger partial charge on any atom is 0.340 e. The number of para-hydroxylation sites is 1. The van der Waals surface area contributed by atoms with Crippen molar-refractivity contribution in [3.8, 4) is 0 Å². The van der Waals surface area contributed by atoms with E-state index in [1.165, 1.54) is 11.7 Å². The van der Waals surface area contributed by atoms with E-state index in [4.69, 9.17) is 5.11 Å². The van der Waals surface area contributed by atoms with Crippen LogP contribution in [0.15, 0.2) is 30.5 Å². The number of carboxylic acid groups (broad SMARTS) is 1. The van der Waals surface area contributed by atoms with Crippen molar-refractivity contribution in [3.63, 3.8) is 0 Å². The van der Waals surface area contributed by atoms with Crippen molar-refractivity contribution >= 4 is 22.8 Å². The van der Waals surface area contributed by atoms with Crippen LogP contribution in [0.5, 0.6) is 0 Å². The molecule has 17 heavy (non-hydrogen) atoms. The lowest BCUT2D eigenvalue weighted by molar-refractivity contribution is -0.137. The Morgan fingerprint density at radius 2 is 2.12 bits per heavy atom. The summed E-state index contributed by atoms with van der Waals surface area (Å²) < 4.78 is 6.19. The zero-order valence-electron chi connectivity index (χ0n) is 9.21. The van der Waals surface area contributed by atoms with Gasteiger partial charge in [-0.2, -0.15) is 0 Å². The molecule has 0 amide bonds. The van der Waals surface area contributed by atoms with E-state index < -0.39 is 11.9 Å². The second kappa shape index (κ2) is 4.29. The molecule has 88 valence electrons. The molecule has 0 aliphatic heterocycles. The first-order valence-electron chi connectivity index (χ1n) is 5.01. The predicted molar refractivity (Wildman–Crippen MR) is 60.9 cm³/mol. The van der Waals surface area contributed by atoms with E-state index in [2.05, 4.69) is 4.74 Å². The number of fused-ring (bicyclic) bond motifs is 1. The van der Waals surface area contributed by atoms with Gasteiger partial charge in [0.05, 0.1) is 18.2 Å². The number of nitrogens with zero attached hydrogens (tertiary/aromatic N) is 1. The number of aromatic nitrogens is 1. The third-order valence-corrected chi connectivity index (χ3v) is 2.50. The van der Waals surface area contributed by atoms with Crippen molar-refractivity contribution < 1.29 is 19.4 Å². The second-order valence-electron chi connectivity index (χ2n) is 3.57. The van der Waals surface area contributed by atoms with E-state index in [1.54, 1.807) is 24.4 Å². The zero-order valence-corrected chi connectivity index (χ0v) is 9.21. The van der Waals surface area contributed by atoms with Crippen molar-refractivity contribution in [2.75, 3.05) is 7.11 Å². The smallest absolute Gasteiger partial charge is 0.340 e. The highest BCUT2D eigenvalue weighted by Gasteiger charge is 2.14. The van der Waals surface area contributed by atoms with Crippen LogP contribution in [0.2, 0.25) is 0 Å². The SMILES string of the molecule is COC(=O)c1cccc2ccn(CC(=O)O)c12. The average molecular weight is 233 g/mol. The van der Waals surface area contributed by atoms with Crippen LogP contribution in [0.4, 0.5) is 0 Å². The largest absolute Gasteiger partial charge is 0.480 e. The summed E-state index contributed by atoms with van der Waals surface area (Å²) in [7, 11) is 1.30. The van der Waals surface area contributed by atoms with Crippen molar-refractivity contribution in [1.82, 2.24) is 4.57 Å². The summed E-state index contributed by atoms with van der Waals surface area (Å²) in [5.41, 5.74) is 0.956. The molecule has 1 aromatic heterocycles. The van der Waals surface area contributed by atoms with Crippen LogP contribution in [0.3, 0.4) is 0 Å². The lowest BCUT2D eigenvalue weighted by Gasteiger charge is -2.06. The van der Waals surface area contributed by atoms with Crippen molar-refractivity contribution in [1.29, 1.82) is 0 Å². The number of benzene rings is 1. The topological polar surface area (TPSA) is 68.5 Å². The highest BCUT2D eigenvalue weighted by atomic mass is 16.5. The van der Waals surface area contributed by atoms with Gasteiger partial charge in [0.15, 0.2) is 0 Å². The molecule has 0 aliphatic rings. The van der Waals surface area contributed by atoms with Crippen LogP contribution in [0.25, 0.3) is 10.9 Å². The number of carbonyl (C=O) groups excluding carboxylic acids is 1. The molecule has 0 atom stereocenters. The number of carbonyl (C=O) groups is 2. The van der Waals surface area contributed by atoms with Crippen molar-refractivity contribution in [2.45, 2.75) is 6.54 Å². The van der Waals surface area contributed by atoms with Gasteiger partial charge in [0.1, 0.15) is 6.54 Å². The Hall–Kier alpha value is -2.30. The Kier molecular flexibility index (Phi) is 2.82. The zero-order chi connectivity index (χ0) is 12.4. The fraction of sp³-hybridized carbons (Fsp3) is 0.167. The lowest BCUT2D eigenvalue weighted by Crippen LogP contribution is -2.10. The van der Waals surface area contributed by atoms with Gasteiger partial charge in [-0.3, -0.25) is 4.79 Å². The molecule has 1 aromatic carbocycles. The molecule has 0 fully saturated rings. The summed E-state index contributed by atoms with van der Waals surface area (Å²) >= 11 is 0. The molecule has 0 saturated heterocycles. The average Bonchev–Trinajstić information content (AvgIpc) is 2.71. The van der Waals surface area contributed by atoms with Crippen LogP contribution >= 0.6 is 0 Å². The molecule has 0 aliphatic carbocycles. The van der Waals surface area contributed by atoms with E-state index in [0.29, 0.717) is 11.1 Å². The Bertz CT molecular complexity index is 585. The summed E-state index contributed by atoms with van der Waals surface area (Å²) in [6.07, 6.45) is 1.64. The molecule has 0 radical (unpaired) electrons. The highest BCUT2D eigenvalue weighted by molar-refractivity contribution is 6.03. The Labute approximate surface area is 97.2 Å². The quantitative estimate of drug-likeness (QED) is 0.816. The fourth-order valence-electron chi connectivity index (χ4n) is 1.81. The minimum absolute atomic E-state index is 0.183. The van der Waals surface area contributed by atoms with Gasteiger partial charge in [0.2, 0.25) is 0 Å². The van der Waals surface area contributed by atoms with Crippen molar-refractivity contribution in [2.24, 2.45) is 0 Å². The Balaban J connectivity index is 2.63. The van der Waals surface area contributed by atoms with Crippen LogP contribution < -0.4 is 0 Å². The number of ether oxygens (including phenoxy) is 1. The van der Waals surface area contributed by atoms with Gasteiger partial charge < -0.3 is 14.4 Å². The molecule has 2 aromatic rings. The molecule has 2 rings (SSSR count). The molecule has 0 spiro atoms. The van der Waals surface area contributed by atoms with Gasteiger partial charge in [0.25, 0.3) is 0 Å². The number of carboxylic acids is 1. The normalized spacial score (nSPS) is 10.4. The van der Waals surface area contributed by atoms with E-state index in [-0.39, 0.29) is 6.54 Å². The van der Waals surface area contributed by atoms with E-state index >= 15 is 0 Å². The molecule has 0 bridgehead atoms. The highest BCUT2D eigenvalue weighted by Crippen LogP contribution is 2.21. The van der Waals surface area contributed by atoms with Crippen LogP contribution in [0.1, 0.15) is 10.4 Å². The Morgan fingerprint density at radius 1 is 1.35 bits per heavy atom. The second-order valence-corrected chi connectivity index (χ2v) is 3.57. The number of esters is 1. The summed E-state index contributed by atoms with van der Waals surface area (Å²) in [6, 6.07) is 6.94. The third kappa shape index (κ3) is 1.99. The first-order chi connectivity index (χ1) is 8.13. The summed E-state index contributed by atoms with van der Waals surface area (Å²) in [5.74, 6) is -1.43. The van der Waals surface area contributed by atoms with Gasteiger partial charge in [0, 0.05) is 11.6 Å². The van der Waals surface area contributed by atoms with Gasteiger partial charge >= 0.3 is 11.9 Å². The monoisotopic (exact) mass is 233 g/mol. The lowest BCUT2D eigenvalue weighted by atomic mass is 10.1. The van der Waals surface area contributed by atoms with Gasteiger partial charge in [-0.05, 0) is 12.1 Å². The number of rotatable bonds is 3. The molecule has 0 unspecified atom stereocenters. The number of hydrogen-bond donors (Lipinski definition) is 1. The van der Waals surface area contributed by atoms with Crippen LogP contribution in [-0.4, -0.2) is 28.7 Å². The van der Waals surface area contributed by atoms with E-state index in [1.807, 2.05) is 6.07 Å². The molecule has 1 heterocycles. The van der Waals surface area contributed by atoms with Gasteiger partial charge in [-0.1, -0.05) is 12.1 Å². The number of hydrogen-bond acceptors (Lipinski definition) is 3. The summed E-state index contributed by atoms with van der Waals surface area (Å²) in [6.45, 7) is -0.183. The summed E-state index contributed by atoms with van der Waals surface area (Å²) in [4.78, 5) is 22.3.